The molecule has 3 heteroatoms. The molecule has 0 amide bonds. The molecule has 0 aromatic rings. The summed E-state index contributed by atoms with van der Waals surface area (Å²) in [6.07, 6.45) is 6.32. The van der Waals surface area contributed by atoms with Crippen molar-refractivity contribution in [3.8, 4) is 0 Å². The zero-order chi connectivity index (χ0) is 8.10. The number of hydrogen-bond acceptors (Lipinski definition) is 2. The Kier molecular flexibility index (Phi) is 3.63. The first-order valence-corrected chi connectivity index (χ1v) is 7.28. The Morgan fingerprint density at radius 1 is 1.18 bits per heavy atom. The third kappa shape index (κ3) is 3.56. The first kappa shape index (κ1) is 8.78. The van der Waals surface area contributed by atoms with Crippen LogP contribution in [0.1, 0.15) is 32.1 Å². The molecule has 0 aromatic carbocycles. The third-order valence-corrected chi connectivity index (χ3v) is 2.35. The summed E-state index contributed by atoms with van der Waals surface area (Å²) in [5.74, 6) is 0. The Labute approximate surface area is 70.4 Å². The van der Waals surface area contributed by atoms with Gasteiger partial charge in [-0.15, -0.1) is 5.16 Å². The Balaban J connectivity index is 2.26. The van der Waals surface area contributed by atoms with Crippen molar-refractivity contribution < 1.29 is 4.53 Å². The first-order valence-electron chi connectivity index (χ1n) is 4.50. The average Bonchev–Trinajstić information content (AvgIpc) is 2.03. The molecule has 11 heavy (non-hydrogen) atoms. The minimum Gasteiger partial charge on any atom is -0.459 e. The highest BCUT2D eigenvalue weighted by molar-refractivity contribution is 6.48. The molecule has 1 aliphatic rings. The van der Waals surface area contributed by atoms with Gasteiger partial charge in [-0.3, -0.25) is 0 Å². The molecule has 0 saturated heterocycles. The van der Waals surface area contributed by atoms with E-state index in [-0.39, 0.29) is 0 Å². The molecular formula is C8H17NOSi. The lowest BCUT2D eigenvalue weighted by atomic mass is 9.99. The van der Waals surface area contributed by atoms with Crippen LogP contribution in [0.2, 0.25) is 13.1 Å². The maximum atomic E-state index is 5.31. The van der Waals surface area contributed by atoms with Gasteiger partial charge in [0.25, 0.3) is 9.04 Å². The van der Waals surface area contributed by atoms with Crippen molar-refractivity contribution in [2.24, 2.45) is 5.16 Å². The molecule has 0 aliphatic heterocycles. The van der Waals surface area contributed by atoms with Crippen molar-refractivity contribution in [3.63, 3.8) is 0 Å². The van der Waals surface area contributed by atoms with Crippen LogP contribution in [0.25, 0.3) is 0 Å². The van der Waals surface area contributed by atoms with Gasteiger partial charge < -0.3 is 4.53 Å². The highest BCUT2D eigenvalue weighted by atomic mass is 28.3. The molecule has 0 radical (unpaired) electrons. The van der Waals surface area contributed by atoms with Crippen molar-refractivity contribution >= 4 is 14.8 Å². The van der Waals surface area contributed by atoms with Gasteiger partial charge in [-0.05, 0) is 38.8 Å². The van der Waals surface area contributed by atoms with Gasteiger partial charge in [-0.2, -0.15) is 0 Å². The van der Waals surface area contributed by atoms with E-state index < -0.39 is 9.04 Å². The SMILES string of the molecule is C[SiH](C)ON=C1CCCCC1. The van der Waals surface area contributed by atoms with Crippen LogP contribution < -0.4 is 0 Å². The Bertz CT molecular complexity index is 137. The molecule has 1 aliphatic carbocycles. The molecule has 1 fully saturated rings. The Morgan fingerprint density at radius 2 is 1.82 bits per heavy atom. The standard InChI is InChI=1S/C8H17NOSi/c1-11(2)10-9-8-6-4-3-5-7-8/h11H,3-7H2,1-2H3. The summed E-state index contributed by atoms with van der Waals surface area (Å²) >= 11 is 0. The fourth-order valence-corrected chi connectivity index (χ4v) is 1.59. The van der Waals surface area contributed by atoms with Crippen molar-refractivity contribution in [3.05, 3.63) is 0 Å². The summed E-state index contributed by atoms with van der Waals surface area (Å²) in [4.78, 5) is 0. The molecule has 0 heterocycles. The quantitative estimate of drug-likeness (QED) is 0.461. The van der Waals surface area contributed by atoms with Crippen molar-refractivity contribution in [2.45, 2.75) is 45.2 Å². The lowest BCUT2D eigenvalue weighted by Crippen LogP contribution is -2.09. The topological polar surface area (TPSA) is 21.6 Å². The number of oxime groups is 1. The van der Waals surface area contributed by atoms with E-state index in [1.807, 2.05) is 0 Å². The fraction of sp³-hybridized carbons (Fsp3) is 0.875. The van der Waals surface area contributed by atoms with Crippen LogP contribution in [-0.2, 0) is 4.53 Å². The van der Waals surface area contributed by atoms with E-state index in [0.29, 0.717) is 0 Å². The van der Waals surface area contributed by atoms with Gasteiger partial charge in [0.2, 0.25) is 0 Å². The molecule has 1 rings (SSSR count). The van der Waals surface area contributed by atoms with E-state index in [2.05, 4.69) is 18.2 Å². The third-order valence-electron chi connectivity index (χ3n) is 1.82. The van der Waals surface area contributed by atoms with E-state index in [9.17, 15) is 0 Å². The number of rotatable bonds is 2. The fourth-order valence-electron chi connectivity index (χ4n) is 1.23. The number of nitrogens with zero attached hydrogens (tertiary/aromatic N) is 1. The van der Waals surface area contributed by atoms with E-state index in [0.717, 1.165) is 0 Å². The van der Waals surface area contributed by atoms with Gasteiger partial charge in [0.1, 0.15) is 0 Å². The second-order valence-electron chi connectivity index (χ2n) is 3.37. The second kappa shape index (κ2) is 4.54. The highest BCUT2D eigenvalue weighted by Crippen LogP contribution is 2.14. The normalized spacial score (nSPS) is 18.6. The molecular weight excluding hydrogens is 154 g/mol. The van der Waals surface area contributed by atoms with Gasteiger partial charge in [0.05, 0.1) is 5.71 Å². The van der Waals surface area contributed by atoms with Gasteiger partial charge >= 0.3 is 0 Å². The molecule has 0 N–H and O–H groups in total. The van der Waals surface area contributed by atoms with Crippen LogP contribution in [-0.4, -0.2) is 14.8 Å². The average molecular weight is 171 g/mol. The summed E-state index contributed by atoms with van der Waals surface area (Å²) in [6, 6.07) is 0. The van der Waals surface area contributed by atoms with Crippen LogP contribution in [0.4, 0.5) is 0 Å². The molecule has 64 valence electrons. The van der Waals surface area contributed by atoms with Crippen LogP contribution in [0.15, 0.2) is 5.16 Å². The largest absolute Gasteiger partial charge is 0.459 e. The smallest absolute Gasteiger partial charge is 0.266 e. The van der Waals surface area contributed by atoms with E-state index in [1.165, 1.54) is 37.8 Å². The van der Waals surface area contributed by atoms with Gasteiger partial charge in [-0.25, -0.2) is 0 Å². The summed E-state index contributed by atoms with van der Waals surface area (Å²) < 4.78 is 5.31. The van der Waals surface area contributed by atoms with E-state index >= 15 is 0 Å². The van der Waals surface area contributed by atoms with Crippen molar-refractivity contribution in [2.75, 3.05) is 0 Å². The van der Waals surface area contributed by atoms with Crippen molar-refractivity contribution in [1.29, 1.82) is 0 Å². The number of hydrogen-bond donors (Lipinski definition) is 0. The lowest BCUT2D eigenvalue weighted by molar-refractivity contribution is 0.346. The predicted octanol–water partition coefficient (Wildman–Crippen LogP) is 2.31. The van der Waals surface area contributed by atoms with Gasteiger partial charge in [0.15, 0.2) is 0 Å². The molecule has 0 atom stereocenters. The zero-order valence-corrected chi connectivity index (χ0v) is 8.62. The van der Waals surface area contributed by atoms with Crippen LogP contribution in [0.5, 0.6) is 0 Å². The van der Waals surface area contributed by atoms with E-state index in [4.69, 9.17) is 4.53 Å². The Hall–Kier alpha value is -0.313. The summed E-state index contributed by atoms with van der Waals surface area (Å²) in [6.45, 7) is 4.29. The predicted molar refractivity (Wildman–Crippen MR) is 50.5 cm³/mol. The lowest BCUT2D eigenvalue weighted by Gasteiger charge is -2.12. The maximum Gasteiger partial charge on any atom is 0.266 e. The van der Waals surface area contributed by atoms with Crippen LogP contribution >= 0.6 is 0 Å². The monoisotopic (exact) mass is 171 g/mol. The van der Waals surface area contributed by atoms with Gasteiger partial charge in [-0.1, -0.05) is 6.42 Å². The minimum atomic E-state index is -0.929. The Morgan fingerprint density at radius 3 is 2.36 bits per heavy atom. The summed E-state index contributed by atoms with van der Waals surface area (Å²) in [5.41, 5.74) is 1.29. The summed E-state index contributed by atoms with van der Waals surface area (Å²) in [5, 5.41) is 4.16. The van der Waals surface area contributed by atoms with Crippen LogP contribution in [0, 0.1) is 0 Å². The minimum absolute atomic E-state index is 0.929. The molecule has 0 aromatic heterocycles. The van der Waals surface area contributed by atoms with Gasteiger partial charge in [0, 0.05) is 0 Å². The highest BCUT2D eigenvalue weighted by Gasteiger charge is 2.07. The molecule has 0 bridgehead atoms. The first-order chi connectivity index (χ1) is 5.29. The maximum absolute atomic E-state index is 5.31. The molecule has 1 saturated carbocycles. The molecule has 2 nitrogen and oxygen atoms in total. The van der Waals surface area contributed by atoms with Crippen molar-refractivity contribution in [1.82, 2.24) is 0 Å². The molecule has 0 unspecified atom stereocenters. The second-order valence-corrected chi connectivity index (χ2v) is 5.68. The zero-order valence-electron chi connectivity index (χ0n) is 7.47. The summed E-state index contributed by atoms with van der Waals surface area (Å²) in [7, 11) is -0.929. The molecule has 0 spiro atoms. The van der Waals surface area contributed by atoms with E-state index in [1.54, 1.807) is 0 Å². The van der Waals surface area contributed by atoms with Crippen LogP contribution in [0.3, 0.4) is 0 Å².